The number of imidazole rings is 1. The summed E-state index contributed by atoms with van der Waals surface area (Å²) in [5, 5.41) is 5.41. The van der Waals surface area contributed by atoms with E-state index in [-0.39, 0.29) is 24.1 Å². The maximum Gasteiger partial charge on any atom is 0.410 e. The molecule has 1 aliphatic rings. The Hall–Kier alpha value is -3.36. The van der Waals surface area contributed by atoms with E-state index in [1.54, 1.807) is 4.90 Å². The summed E-state index contributed by atoms with van der Waals surface area (Å²) >= 11 is 0. The number of fused-ring (bicyclic) bond motifs is 1. The van der Waals surface area contributed by atoms with Crippen LogP contribution < -0.4 is 10.6 Å². The van der Waals surface area contributed by atoms with E-state index >= 15 is 0 Å². The normalized spacial score (nSPS) is 14.5. The molecule has 1 atom stereocenters. The molecule has 0 spiro atoms. The molecule has 0 fully saturated rings. The fourth-order valence-corrected chi connectivity index (χ4v) is 3.74. The SMILES string of the molecule is CNC(=O)[C@@H](NC(=O)c1nc(-c2ccccc2)n2c1CN(C(=O)OC(C)(C)C)CC2)C(C)C. The van der Waals surface area contributed by atoms with Crippen LogP contribution in [0.1, 0.15) is 50.8 Å². The third-order valence-corrected chi connectivity index (χ3v) is 5.39. The van der Waals surface area contributed by atoms with E-state index in [1.807, 2.05) is 69.5 Å². The Balaban J connectivity index is 1.98. The summed E-state index contributed by atoms with van der Waals surface area (Å²) in [6, 6.07) is 8.89. The first-order chi connectivity index (χ1) is 15.5. The Kier molecular flexibility index (Phi) is 7.09. The highest BCUT2D eigenvalue weighted by molar-refractivity contribution is 5.97. The number of nitrogens with one attached hydrogen (secondary N) is 2. The molecule has 1 aromatic carbocycles. The molecule has 2 N–H and O–H groups in total. The number of hydrogen-bond donors (Lipinski definition) is 2. The number of rotatable bonds is 5. The third-order valence-electron chi connectivity index (χ3n) is 5.39. The van der Waals surface area contributed by atoms with Gasteiger partial charge >= 0.3 is 6.09 Å². The van der Waals surface area contributed by atoms with Crippen molar-refractivity contribution in [2.45, 2.75) is 59.4 Å². The van der Waals surface area contributed by atoms with Gasteiger partial charge in [-0.05, 0) is 26.7 Å². The molecular weight excluding hydrogens is 422 g/mol. The lowest BCUT2D eigenvalue weighted by Crippen LogP contribution is -2.49. The molecular formula is C24H33N5O4. The first kappa shape index (κ1) is 24.3. The number of hydrogen-bond acceptors (Lipinski definition) is 5. The Morgan fingerprint density at radius 3 is 2.33 bits per heavy atom. The highest BCUT2D eigenvalue weighted by Gasteiger charge is 2.33. The largest absolute Gasteiger partial charge is 0.444 e. The summed E-state index contributed by atoms with van der Waals surface area (Å²) in [5.74, 6) is -0.181. The van der Waals surface area contributed by atoms with Gasteiger partial charge in [0.15, 0.2) is 5.69 Å². The second-order valence-electron chi connectivity index (χ2n) is 9.46. The number of carbonyl (C=O) groups excluding carboxylic acids is 3. The number of nitrogens with zero attached hydrogens (tertiary/aromatic N) is 3. The molecule has 0 aliphatic carbocycles. The minimum atomic E-state index is -0.703. The van der Waals surface area contributed by atoms with Crippen LogP contribution in [-0.4, -0.2) is 57.6 Å². The van der Waals surface area contributed by atoms with Gasteiger partial charge in [0.25, 0.3) is 5.91 Å². The summed E-state index contributed by atoms with van der Waals surface area (Å²) in [4.78, 5) is 44.5. The molecule has 2 aromatic rings. The highest BCUT2D eigenvalue weighted by Crippen LogP contribution is 2.27. The number of likely N-dealkylation sites (N-methyl/N-ethyl adjacent to an activating group) is 1. The summed E-state index contributed by atoms with van der Waals surface area (Å²) in [6.45, 7) is 10.3. The zero-order valence-corrected chi connectivity index (χ0v) is 20.1. The van der Waals surface area contributed by atoms with Gasteiger partial charge in [-0.2, -0.15) is 0 Å². The lowest BCUT2D eigenvalue weighted by molar-refractivity contribution is -0.123. The minimum Gasteiger partial charge on any atom is -0.444 e. The van der Waals surface area contributed by atoms with Crippen LogP contribution in [0.25, 0.3) is 11.4 Å². The fourth-order valence-electron chi connectivity index (χ4n) is 3.74. The van der Waals surface area contributed by atoms with Gasteiger partial charge in [0, 0.05) is 25.7 Å². The van der Waals surface area contributed by atoms with Crippen molar-refractivity contribution in [2.24, 2.45) is 5.92 Å². The first-order valence-electron chi connectivity index (χ1n) is 11.2. The molecule has 0 bridgehead atoms. The van der Waals surface area contributed by atoms with Gasteiger partial charge in [-0.15, -0.1) is 0 Å². The lowest BCUT2D eigenvalue weighted by Gasteiger charge is -2.31. The summed E-state index contributed by atoms with van der Waals surface area (Å²) in [5.41, 5.74) is 1.07. The standard InChI is InChI=1S/C24H33N5O4/c1-15(2)18(21(30)25-6)27-22(31)19-17-14-28(23(32)33-24(3,4)5)12-13-29(17)20(26-19)16-10-8-7-9-11-16/h7-11,15,18H,12-14H2,1-6H3,(H,25,30)(H,27,31)/t18-/m0/s1. The Morgan fingerprint density at radius 2 is 1.76 bits per heavy atom. The number of amides is 3. The van der Waals surface area contributed by atoms with E-state index in [1.165, 1.54) is 7.05 Å². The van der Waals surface area contributed by atoms with Crippen LogP contribution >= 0.6 is 0 Å². The van der Waals surface area contributed by atoms with Gasteiger partial charge in [0.1, 0.15) is 17.5 Å². The van der Waals surface area contributed by atoms with Crippen molar-refractivity contribution in [1.82, 2.24) is 25.1 Å². The molecule has 1 aromatic heterocycles. The van der Waals surface area contributed by atoms with E-state index < -0.39 is 23.6 Å². The van der Waals surface area contributed by atoms with Gasteiger partial charge in [-0.1, -0.05) is 44.2 Å². The summed E-state index contributed by atoms with van der Waals surface area (Å²) in [6.07, 6.45) is -0.437. The predicted octanol–water partition coefficient (Wildman–Crippen LogP) is 2.80. The van der Waals surface area contributed by atoms with Gasteiger partial charge in [0.2, 0.25) is 5.91 Å². The van der Waals surface area contributed by atoms with Crippen LogP contribution in [0.15, 0.2) is 30.3 Å². The van der Waals surface area contributed by atoms with Crippen molar-refractivity contribution in [3.05, 3.63) is 41.7 Å². The van der Waals surface area contributed by atoms with E-state index in [2.05, 4.69) is 15.6 Å². The molecule has 33 heavy (non-hydrogen) atoms. The second-order valence-corrected chi connectivity index (χ2v) is 9.46. The average molecular weight is 456 g/mol. The quantitative estimate of drug-likeness (QED) is 0.721. The molecule has 9 nitrogen and oxygen atoms in total. The Labute approximate surface area is 194 Å². The zero-order chi connectivity index (χ0) is 24.3. The second kappa shape index (κ2) is 9.64. The monoisotopic (exact) mass is 455 g/mol. The number of aromatic nitrogens is 2. The Morgan fingerprint density at radius 1 is 1.09 bits per heavy atom. The number of ether oxygens (including phenoxy) is 1. The van der Waals surface area contributed by atoms with Crippen molar-refractivity contribution in [3.8, 4) is 11.4 Å². The lowest BCUT2D eigenvalue weighted by atomic mass is 10.0. The molecule has 9 heteroatoms. The van der Waals surface area contributed by atoms with Crippen molar-refractivity contribution in [1.29, 1.82) is 0 Å². The molecule has 178 valence electrons. The van der Waals surface area contributed by atoms with Gasteiger partial charge < -0.3 is 24.8 Å². The molecule has 0 saturated carbocycles. The zero-order valence-electron chi connectivity index (χ0n) is 20.1. The van der Waals surface area contributed by atoms with Crippen molar-refractivity contribution >= 4 is 17.9 Å². The molecule has 0 saturated heterocycles. The van der Waals surface area contributed by atoms with Crippen LogP contribution in [0.3, 0.4) is 0 Å². The van der Waals surface area contributed by atoms with Crippen molar-refractivity contribution < 1.29 is 19.1 Å². The Bertz CT molecular complexity index is 1020. The highest BCUT2D eigenvalue weighted by atomic mass is 16.6. The molecule has 1 aliphatic heterocycles. The van der Waals surface area contributed by atoms with Crippen LogP contribution in [0.4, 0.5) is 4.79 Å². The van der Waals surface area contributed by atoms with Crippen LogP contribution in [0, 0.1) is 5.92 Å². The maximum atomic E-state index is 13.3. The minimum absolute atomic E-state index is 0.112. The molecule has 2 heterocycles. The van der Waals surface area contributed by atoms with Crippen LogP contribution in [0.2, 0.25) is 0 Å². The topological polar surface area (TPSA) is 106 Å². The predicted molar refractivity (Wildman–Crippen MR) is 124 cm³/mol. The first-order valence-corrected chi connectivity index (χ1v) is 11.2. The fraction of sp³-hybridized carbons (Fsp3) is 0.500. The average Bonchev–Trinajstić information content (AvgIpc) is 3.15. The van der Waals surface area contributed by atoms with Crippen molar-refractivity contribution in [3.63, 3.8) is 0 Å². The smallest absolute Gasteiger partial charge is 0.410 e. The van der Waals surface area contributed by atoms with Gasteiger partial charge in [0.05, 0.1) is 12.2 Å². The molecule has 3 rings (SSSR count). The van der Waals surface area contributed by atoms with E-state index in [0.717, 1.165) is 5.56 Å². The van der Waals surface area contributed by atoms with Crippen LogP contribution in [0.5, 0.6) is 0 Å². The van der Waals surface area contributed by atoms with Gasteiger partial charge in [-0.25, -0.2) is 9.78 Å². The van der Waals surface area contributed by atoms with E-state index in [4.69, 9.17) is 4.74 Å². The summed E-state index contributed by atoms with van der Waals surface area (Å²) < 4.78 is 7.50. The van der Waals surface area contributed by atoms with Crippen molar-refractivity contribution in [2.75, 3.05) is 13.6 Å². The maximum absolute atomic E-state index is 13.3. The molecule has 0 unspecified atom stereocenters. The third kappa shape index (κ3) is 5.53. The summed E-state index contributed by atoms with van der Waals surface area (Å²) in [7, 11) is 1.54. The molecule has 3 amide bonds. The van der Waals surface area contributed by atoms with Gasteiger partial charge in [-0.3, -0.25) is 9.59 Å². The number of benzene rings is 1. The van der Waals surface area contributed by atoms with E-state index in [0.29, 0.717) is 24.6 Å². The van der Waals surface area contributed by atoms with E-state index in [9.17, 15) is 14.4 Å². The number of carbonyl (C=O) groups is 3. The molecule has 0 radical (unpaired) electrons. The van der Waals surface area contributed by atoms with Crippen LogP contribution in [-0.2, 0) is 22.6 Å².